The average Bonchev–Trinajstić information content (AvgIpc) is 3.01. The Morgan fingerprint density at radius 1 is 0.941 bits per heavy atom. The monoisotopic (exact) mass is 296 g/mol. The normalized spacial score (nSPS) is 29.8. The van der Waals surface area contributed by atoms with E-state index in [0.717, 1.165) is 67.7 Å². The number of carbonyl (C=O) groups excluding carboxylic acids is 2. The summed E-state index contributed by atoms with van der Waals surface area (Å²) < 4.78 is 0.935. The number of hydrogen-bond donors (Lipinski definition) is 0. The molecule has 0 atom stereocenters. The van der Waals surface area contributed by atoms with Gasteiger partial charge in [0.1, 0.15) is 6.29 Å². The number of Topliss-reactive ketones (excluding diaryl/α,β-unsaturated/α-hetero) is 1. The third-order valence-electron chi connectivity index (χ3n) is 5.07. The molecule has 0 aromatic rings. The number of allylic oxidation sites excluding steroid dienone is 2. The van der Waals surface area contributed by atoms with E-state index >= 15 is 0 Å². The van der Waals surface area contributed by atoms with Crippen LogP contribution >= 0.6 is 15.9 Å². The number of aldehydes is 1. The van der Waals surface area contributed by atoms with Gasteiger partial charge in [-0.2, -0.15) is 0 Å². The van der Waals surface area contributed by atoms with Crippen molar-refractivity contribution in [1.29, 1.82) is 0 Å². The summed E-state index contributed by atoms with van der Waals surface area (Å²) in [5, 5.41) is 0. The standard InChI is InChI=1S/C14H17BrO2/c15-11-10(9-16)13(5-1-2-6-13)12(17)14(11)7-3-4-8-14/h9H,1-8H2. The first-order chi connectivity index (χ1) is 8.17. The van der Waals surface area contributed by atoms with Gasteiger partial charge in [0.25, 0.3) is 0 Å². The molecule has 3 aliphatic rings. The number of hydrogen-bond acceptors (Lipinski definition) is 2. The van der Waals surface area contributed by atoms with Gasteiger partial charge in [0, 0.05) is 10.1 Å². The van der Waals surface area contributed by atoms with Gasteiger partial charge in [-0.3, -0.25) is 9.59 Å². The van der Waals surface area contributed by atoms with Crippen LogP contribution in [0.2, 0.25) is 0 Å². The van der Waals surface area contributed by atoms with Gasteiger partial charge in [0.15, 0.2) is 5.78 Å². The van der Waals surface area contributed by atoms with Crippen LogP contribution in [-0.2, 0) is 9.59 Å². The highest BCUT2D eigenvalue weighted by Crippen LogP contribution is 2.63. The summed E-state index contributed by atoms with van der Waals surface area (Å²) in [6, 6.07) is 0. The summed E-state index contributed by atoms with van der Waals surface area (Å²) in [7, 11) is 0. The molecular weight excluding hydrogens is 280 g/mol. The second-order valence-corrected chi connectivity index (χ2v) is 6.55. The van der Waals surface area contributed by atoms with Crippen molar-refractivity contribution in [2.75, 3.05) is 0 Å². The molecular formula is C14H17BrO2. The first-order valence-corrected chi connectivity index (χ1v) is 7.37. The zero-order valence-corrected chi connectivity index (χ0v) is 11.5. The van der Waals surface area contributed by atoms with Crippen LogP contribution in [0, 0.1) is 10.8 Å². The molecule has 3 aliphatic carbocycles. The zero-order chi connectivity index (χ0) is 12.1. The first kappa shape index (κ1) is 11.6. The van der Waals surface area contributed by atoms with Crippen LogP contribution in [0.15, 0.2) is 10.1 Å². The van der Waals surface area contributed by atoms with Crippen molar-refractivity contribution >= 4 is 28.0 Å². The first-order valence-electron chi connectivity index (χ1n) is 6.58. The number of rotatable bonds is 1. The van der Waals surface area contributed by atoms with E-state index in [4.69, 9.17) is 0 Å². The highest BCUT2D eigenvalue weighted by atomic mass is 79.9. The minimum Gasteiger partial charge on any atom is -0.298 e. The molecule has 92 valence electrons. The molecule has 0 aromatic heterocycles. The Bertz CT molecular complexity index is 410. The summed E-state index contributed by atoms with van der Waals surface area (Å²) in [6.07, 6.45) is 8.98. The predicted molar refractivity (Wildman–Crippen MR) is 68.8 cm³/mol. The number of carbonyl (C=O) groups is 2. The topological polar surface area (TPSA) is 34.1 Å². The van der Waals surface area contributed by atoms with Gasteiger partial charge in [0.05, 0.1) is 10.8 Å². The Kier molecular flexibility index (Phi) is 2.58. The molecule has 17 heavy (non-hydrogen) atoms. The Labute approximate surface area is 110 Å². The summed E-state index contributed by atoms with van der Waals surface area (Å²) in [5.74, 6) is 0.356. The molecule has 2 spiro atoms. The maximum Gasteiger partial charge on any atom is 0.154 e. The molecule has 0 N–H and O–H groups in total. The maximum absolute atomic E-state index is 12.9. The van der Waals surface area contributed by atoms with Crippen molar-refractivity contribution < 1.29 is 9.59 Å². The summed E-state index contributed by atoms with van der Waals surface area (Å²) in [5.41, 5.74) is 0.0489. The molecule has 3 rings (SSSR count). The largest absolute Gasteiger partial charge is 0.298 e. The van der Waals surface area contributed by atoms with E-state index in [9.17, 15) is 9.59 Å². The maximum atomic E-state index is 12.9. The lowest BCUT2D eigenvalue weighted by Gasteiger charge is -2.28. The minimum absolute atomic E-state index is 0.319. The van der Waals surface area contributed by atoms with Crippen LogP contribution < -0.4 is 0 Å². The van der Waals surface area contributed by atoms with E-state index in [-0.39, 0.29) is 5.41 Å². The minimum atomic E-state index is -0.412. The van der Waals surface area contributed by atoms with Gasteiger partial charge in [-0.05, 0) is 25.7 Å². The SMILES string of the molecule is O=CC1=C(Br)C2(CCCC2)C(=O)C12CCCC2. The third kappa shape index (κ3) is 1.26. The van der Waals surface area contributed by atoms with E-state index in [2.05, 4.69) is 15.9 Å². The molecule has 2 fully saturated rings. The quantitative estimate of drug-likeness (QED) is 0.694. The van der Waals surface area contributed by atoms with E-state index < -0.39 is 5.41 Å². The molecule has 0 aliphatic heterocycles. The smallest absolute Gasteiger partial charge is 0.154 e. The molecule has 3 heteroatoms. The van der Waals surface area contributed by atoms with Crippen molar-refractivity contribution in [2.45, 2.75) is 51.4 Å². The predicted octanol–water partition coefficient (Wildman–Crippen LogP) is 3.54. The van der Waals surface area contributed by atoms with Gasteiger partial charge >= 0.3 is 0 Å². The number of halogens is 1. The lowest BCUT2D eigenvalue weighted by molar-refractivity contribution is -0.133. The lowest BCUT2D eigenvalue weighted by Crippen LogP contribution is -2.35. The third-order valence-corrected chi connectivity index (χ3v) is 6.26. The molecule has 0 bridgehead atoms. The van der Waals surface area contributed by atoms with Gasteiger partial charge in [0.2, 0.25) is 0 Å². The van der Waals surface area contributed by atoms with Gasteiger partial charge in [-0.1, -0.05) is 41.6 Å². The van der Waals surface area contributed by atoms with Crippen LogP contribution in [0.3, 0.4) is 0 Å². The van der Waals surface area contributed by atoms with Gasteiger partial charge in [-0.15, -0.1) is 0 Å². The number of ketones is 1. The van der Waals surface area contributed by atoms with Crippen LogP contribution in [-0.4, -0.2) is 12.1 Å². The van der Waals surface area contributed by atoms with Crippen molar-refractivity contribution in [1.82, 2.24) is 0 Å². The Morgan fingerprint density at radius 2 is 1.41 bits per heavy atom. The lowest BCUT2D eigenvalue weighted by atomic mass is 9.72. The summed E-state index contributed by atoms with van der Waals surface area (Å²) >= 11 is 3.60. The van der Waals surface area contributed by atoms with E-state index in [1.165, 1.54) is 0 Å². The Morgan fingerprint density at radius 3 is 1.88 bits per heavy atom. The molecule has 2 saturated carbocycles. The molecule has 0 amide bonds. The second kappa shape index (κ2) is 3.78. The fourth-order valence-electron chi connectivity index (χ4n) is 4.21. The second-order valence-electron chi connectivity index (χ2n) is 5.75. The summed E-state index contributed by atoms with van der Waals surface area (Å²) in [6.45, 7) is 0. The fourth-order valence-corrected chi connectivity index (χ4v) is 5.26. The van der Waals surface area contributed by atoms with Crippen LogP contribution in [0.25, 0.3) is 0 Å². The van der Waals surface area contributed by atoms with Gasteiger partial charge in [-0.25, -0.2) is 0 Å². The Hall–Kier alpha value is -0.440. The van der Waals surface area contributed by atoms with E-state index in [0.29, 0.717) is 5.78 Å². The van der Waals surface area contributed by atoms with Crippen LogP contribution in [0.4, 0.5) is 0 Å². The van der Waals surface area contributed by atoms with Crippen molar-refractivity contribution in [3.05, 3.63) is 10.1 Å². The van der Waals surface area contributed by atoms with Gasteiger partial charge < -0.3 is 0 Å². The molecule has 0 saturated heterocycles. The van der Waals surface area contributed by atoms with Crippen LogP contribution in [0.5, 0.6) is 0 Å². The van der Waals surface area contributed by atoms with E-state index in [1.807, 2.05) is 0 Å². The molecule has 0 unspecified atom stereocenters. The molecule has 0 heterocycles. The fraction of sp³-hybridized carbons (Fsp3) is 0.714. The molecule has 0 radical (unpaired) electrons. The molecule has 0 aromatic carbocycles. The van der Waals surface area contributed by atoms with Crippen LogP contribution in [0.1, 0.15) is 51.4 Å². The van der Waals surface area contributed by atoms with Crippen molar-refractivity contribution in [2.24, 2.45) is 10.8 Å². The average molecular weight is 297 g/mol. The van der Waals surface area contributed by atoms with Crippen molar-refractivity contribution in [3.8, 4) is 0 Å². The zero-order valence-electron chi connectivity index (χ0n) is 9.93. The highest BCUT2D eigenvalue weighted by molar-refractivity contribution is 9.11. The van der Waals surface area contributed by atoms with E-state index in [1.54, 1.807) is 0 Å². The molecule has 2 nitrogen and oxygen atoms in total. The Balaban J connectivity index is 2.15. The summed E-state index contributed by atoms with van der Waals surface area (Å²) in [4.78, 5) is 24.3. The highest BCUT2D eigenvalue weighted by Gasteiger charge is 2.61. The van der Waals surface area contributed by atoms with Crippen molar-refractivity contribution in [3.63, 3.8) is 0 Å².